The van der Waals surface area contributed by atoms with E-state index in [2.05, 4.69) is 17.3 Å². The highest BCUT2D eigenvalue weighted by Crippen LogP contribution is 2.25. The third-order valence-electron chi connectivity index (χ3n) is 4.16. The lowest BCUT2D eigenvalue weighted by Crippen LogP contribution is -2.36. The maximum atomic E-state index is 12.2. The van der Waals surface area contributed by atoms with Crippen LogP contribution in [0.4, 0.5) is 5.69 Å². The Morgan fingerprint density at radius 2 is 2.05 bits per heavy atom. The molecule has 1 amide bonds. The molecule has 0 saturated heterocycles. The van der Waals surface area contributed by atoms with E-state index < -0.39 is 0 Å². The van der Waals surface area contributed by atoms with E-state index in [1.54, 1.807) is 16.9 Å². The molecule has 2 unspecified atom stereocenters. The van der Waals surface area contributed by atoms with Crippen molar-refractivity contribution < 1.29 is 4.79 Å². The van der Waals surface area contributed by atoms with Crippen molar-refractivity contribution >= 4 is 11.6 Å². The Balaban J connectivity index is 1.72. The van der Waals surface area contributed by atoms with Crippen LogP contribution >= 0.6 is 0 Å². The molecule has 1 saturated carbocycles. The Kier molecular flexibility index (Phi) is 3.64. The van der Waals surface area contributed by atoms with Crippen LogP contribution in [0.2, 0.25) is 0 Å². The van der Waals surface area contributed by atoms with Crippen LogP contribution in [0.3, 0.4) is 0 Å². The Labute approximate surface area is 124 Å². The normalized spacial score (nSPS) is 21.4. The fourth-order valence-electron chi connectivity index (χ4n) is 2.82. The van der Waals surface area contributed by atoms with Crippen molar-refractivity contribution in [3.63, 3.8) is 0 Å². The number of benzene rings is 1. The van der Waals surface area contributed by atoms with Gasteiger partial charge in [0.2, 0.25) is 0 Å². The minimum absolute atomic E-state index is 0.0945. The van der Waals surface area contributed by atoms with E-state index in [1.165, 1.54) is 12.8 Å². The first-order valence-electron chi connectivity index (χ1n) is 7.36. The predicted molar refractivity (Wildman–Crippen MR) is 82.2 cm³/mol. The molecular formula is C16H20N4O. The van der Waals surface area contributed by atoms with Crippen LogP contribution in [0, 0.1) is 5.92 Å². The lowest BCUT2D eigenvalue weighted by atomic mass is 10.1. The van der Waals surface area contributed by atoms with Crippen LogP contribution in [0.5, 0.6) is 0 Å². The van der Waals surface area contributed by atoms with Gasteiger partial charge in [-0.05, 0) is 49.1 Å². The first kappa shape index (κ1) is 13.7. The molecule has 2 aromatic rings. The summed E-state index contributed by atoms with van der Waals surface area (Å²) in [7, 11) is 0. The highest BCUT2D eigenvalue weighted by Gasteiger charge is 2.25. The zero-order valence-corrected chi connectivity index (χ0v) is 12.1. The predicted octanol–water partition coefficient (Wildman–Crippen LogP) is 2.37. The number of nitrogen functional groups attached to an aromatic ring is 1. The number of hydrogen-bond donors (Lipinski definition) is 2. The number of aromatic nitrogens is 2. The molecule has 5 heteroatoms. The lowest BCUT2D eigenvalue weighted by molar-refractivity contribution is 0.0924. The molecule has 1 fully saturated rings. The van der Waals surface area contributed by atoms with Crippen molar-refractivity contribution in [2.75, 3.05) is 5.73 Å². The number of nitrogens with one attached hydrogen (secondary N) is 1. The highest BCUT2D eigenvalue weighted by atomic mass is 16.2. The summed E-state index contributed by atoms with van der Waals surface area (Å²) in [4.78, 5) is 12.2. The van der Waals surface area contributed by atoms with E-state index in [-0.39, 0.29) is 11.9 Å². The summed E-state index contributed by atoms with van der Waals surface area (Å²) in [5.41, 5.74) is 7.71. The fourth-order valence-corrected chi connectivity index (χ4v) is 2.82. The Morgan fingerprint density at radius 1 is 1.29 bits per heavy atom. The molecule has 1 aliphatic carbocycles. The number of amides is 1. The number of carbonyl (C=O) groups excluding carboxylic acids is 1. The summed E-state index contributed by atoms with van der Waals surface area (Å²) < 4.78 is 1.69. The third-order valence-corrected chi connectivity index (χ3v) is 4.16. The van der Waals surface area contributed by atoms with Crippen LogP contribution in [-0.2, 0) is 0 Å². The molecule has 1 heterocycles. The summed E-state index contributed by atoms with van der Waals surface area (Å²) in [6.45, 7) is 2.19. The van der Waals surface area contributed by atoms with Crippen molar-refractivity contribution in [2.24, 2.45) is 5.92 Å². The monoisotopic (exact) mass is 284 g/mol. The van der Waals surface area contributed by atoms with E-state index in [0.717, 1.165) is 12.1 Å². The fraction of sp³-hybridized carbons (Fsp3) is 0.375. The minimum Gasteiger partial charge on any atom is -0.399 e. The molecule has 110 valence electrons. The van der Waals surface area contributed by atoms with Gasteiger partial charge < -0.3 is 11.1 Å². The van der Waals surface area contributed by atoms with Gasteiger partial charge in [-0.1, -0.05) is 13.3 Å². The lowest BCUT2D eigenvalue weighted by Gasteiger charge is -2.16. The Hall–Kier alpha value is -2.30. The van der Waals surface area contributed by atoms with Crippen LogP contribution in [-0.4, -0.2) is 21.7 Å². The van der Waals surface area contributed by atoms with Gasteiger partial charge in [0.05, 0.1) is 5.69 Å². The van der Waals surface area contributed by atoms with Crippen LogP contribution in [0.25, 0.3) is 5.69 Å². The zero-order chi connectivity index (χ0) is 14.8. The summed E-state index contributed by atoms with van der Waals surface area (Å²) in [5, 5.41) is 7.43. The smallest absolute Gasteiger partial charge is 0.272 e. The van der Waals surface area contributed by atoms with Crippen molar-refractivity contribution in [1.82, 2.24) is 15.1 Å². The van der Waals surface area contributed by atoms with E-state index >= 15 is 0 Å². The Morgan fingerprint density at radius 3 is 2.71 bits per heavy atom. The third kappa shape index (κ3) is 2.91. The molecule has 0 bridgehead atoms. The second-order valence-corrected chi connectivity index (χ2v) is 5.73. The van der Waals surface area contributed by atoms with Crippen molar-refractivity contribution in [2.45, 2.75) is 32.2 Å². The first-order valence-corrected chi connectivity index (χ1v) is 7.36. The molecular weight excluding hydrogens is 264 g/mol. The van der Waals surface area contributed by atoms with E-state index in [0.29, 0.717) is 17.3 Å². The minimum atomic E-state index is -0.0945. The van der Waals surface area contributed by atoms with Crippen LogP contribution in [0.15, 0.2) is 36.5 Å². The maximum absolute atomic E-state index is 12.2. The molecule has 0 aliphatic heterocycles. The number of carbonyl (C=O) groups is 1. The molecule has 2 atom stereocenters. The van der Waals surface area contributed by atoms with Gasteiger partial charge in [-0.25, -0.2) is 4.68 Å². The number of rotatable bonds is 3. The molecule has 1 aliphatic rings. The molecule has 5 nitrogen and oxygen atoms in total. The van der Waals surface area contributed by atoms with Crippen LogP contribution < -0.4 is 11.1 Å². The Bertz CT molecular complexity index is 632. The summed E-state index contributed by atoms with van der Waals surface area (Å²) in [5.74, 6) is 0.455. The molecule has 21 heavy (non-hydrogen) atoms. The summed E-state index contributed by atoms with van der Waals surface area (Å²) >= 11 is 0. The summed E-state index contributed by atoms with van der Waals surface area (Å²) in [6.07, 6.45) is 5.22. The van der Waals surface area contributed by atoms with E-state index in [9.17, 15) is 4.79 Å². The zero-order valence-electron chi connectivity index (χ0n) is 12.1. The van der Waals surface area contributed by atoms with Gasteiger partial charge in [-0.2, -0.15) is 5.10 Å². The average molecular weight is 284 g/mol. The molecule has 0 spiro atoms. The number of nitrogens with two attached hydrogens (primary N) is 1. The van der Waals surface area contributed by atoms with Gasteiger partial charge in [0.1, 0.15) is 0 Å². The first-order chi connectivity index (χ1) is 10.1. The molecule has 1 aromatic carbocycles. The second-order valence-electron chi connectivity index (χ2n) is 5.73. The largest absolute Gasteiger partial charge is 0.399 e. The van der Waals surface area contributed by atoms with Gasteiger partial charge in [-0.15, -0.1) is 0 Å². The maximum Gasteiger partial charge on any atom is 0.272 e. The van der Waals surface area contributed by atoms with Crippen molar-refractivity contribution in [3.05, 3.63) is 42.2 Å². The molecule has 0 radical (unpaired) electrons. The van der Waals surface area contributed by atoms with Crippen molar-refractivity contribution in [3.8, 4) is 5.69 Å². The number of hydrogen-bond acceptors (Lipinski definition) is 3. The van der Waals surface area contributed by atoms with E-state index in [1.807, 2.05) is 24.3 Å². The average Bonchev–Trinajstić information content (AvgIpc) is 3.10. The number of nitrogens with zero attached hydrogens (tertiary/aromatic N) is 2. The van der Waals surface area contributed by atoms with Gasteiger partial charge in [0, 0.05) is 17.9 Å². The number of anilines is 1. The van der Waals surface area contributed by atoms with Gasteiger partial charge in [-0.3, -0.25) is 4.79 Å². The molecule has 1 aromatic heterocycles. The van der Waals surface area contributed by atoms with Gasteiger partial charge in [0.25, 0.3) is 5.91 Å². The topological polar surface area (TPSA) is 72.9 Å². The van der Waals surface area contributed by atoms with E-state index in [4.69, 9.17) is 5.73 Å². The highest BCUT2D eigenvalue weighted by molar-refractivity contribution is 5.92. The summed E-state index contributed by atoms with van der Waals surface area (Å²) in [6, 6.07) is 9.41. The quantitative estimate of drug-likeness (QED) is 0.850. The second kappa shape index (κ2) is 5.60. The van der Waals surface area contributed by atoms with Gasteiger partial charge in [0.15, 0.2) is 5.69 Å². The van der Waals surface area contributed by atoms with Crippen LogP contribution in [0.1, 0.15) is 36.7 Å². The van der Waals surface area contributed by atoms with Crippen molar-refractivity contribution in [1.29, 1.82) is 0 Å². The van der Waals surface area contributed by atoms with Gasteiger partial charge >= 0.3 is 0 Å². The standard InChI is InChI=1S/C16H20N4O/c1-11-3-2-4-14(11)18-16(21)15-9-10-20(19-15)13-7-5-12(17)6-8-13/h5-11,14H,2-4,17H2,1H3,(H,18,21). The molecule has 3 N–H and O–H groups in total. The molecule has 3 rings (SSSR count). The SMILES string of the molecule is CC1CCCC1NC(=O)c1ccn(-c2ccc(N)cc2)n1.